The van der Waals surface area contributed by atoms with Gasteiger partial charge in [0.25, 0.3) is 0 Å². The number of aromatic nitrogens is 2. The van der Waals surface area contributed by atoms with Crippen LogP contribution < -0.4 is 10.2 Å². The summed E-state index contributed by atoms with van der Waals surface area (Å²) in [4.78, 5) is 22.5. The predicted molar refractivity (Wildman–Crippen MR) is 76.7 cm³/mol. The van der Waals surface area contributed by atoms with E-state index in [1.807, 2.05) is 4.90 Å². The molecule has 22 heavy (non-hydrogen) atoms. The van der Waals surface area contributed by atoms with Crippen molar-refractivity contribution in [3.05, 3.63) is 18.2 Å². The number of hydrogen-bond donors (Lipinski definition) is 1. The van der Waals surface area contributed by atoms with Gasteiger partial charge < -0.3 is 15.0 Å². The third kappa shape index (κ3) is 2.65. The lowest BCUT2D eigenvalue weighted by atomic mass is 9.82. The van der Waals surface area contributed by atoms with Gasteiger partial charge in [0.2, 0.25) is 11.9 Å². The first-order valence-corrected chi connectivity index (χ1v) is 7.85. The Balaban J connectivity index is 1.54. The van der Waals surface area contributed by atoms with Gasteiger partial charge in [0.1, 0.15) is 0 Å². The molecule has 7 heteroatoms. The third-order valence-electron chi connectivity index (χ3n) is 4.74. The van der Waals surface area contributed by atoms with Crippen molar-refractivity contribution in [3.8, 4) is 0 Å². The van der Waals surface area contributed by atoms with Gasteiger partial charge in [-0.05, 0) is 19.3 Å². The van der Waals surface area contributed by atoms with Crippen molar-refractivity contribution in [1.29, 1.82) is 0 Å². The molecule has 2 aliphatic heterocycles. The van der Waals surface area contributed by atoms with Gasteiger partial charge in [-0.1, -0.05) is 0 Å². The van der Waals surface area contributed by atoms with Crippen LogP contribution in [-0.2, 0) is 9.53 Å². The van der Waals surface area contributed by atoms with Crippen LogP contribution in [0.2, 0.25) is 0 Å². The number of nitrogens with zero attached hydrogens (tertiary/aromatic N) is 3. The lowest BCUT2D eigenvalue weighted by Gasteiger charge is -2.39. The largest absolute Gasteiger partial charge is 0.376 e. The minimum absolute atomic E-state index is 0.0253. The molecule has 1 saturated carbocycles. The van der Waals surface area contributed by atoms with E-state index >= 15 is 0 Å². The number of anilines is 1. The van der Waals surface area contributed by atoms with Gasteiger partial charge in [0.15, 0.2) is 5.82 Å². The summed E-state index contributed by atoms with van der Waals surface area (Å²) >= 11 is 0. The van der Waals surface area contributed by atoms with Crippen LogP contribution in [0.3, 0.4) is 0 Å². The van der Waals surface area contributed by atoms with E-state index in [0.29, 0.717) is 31.7 Å². The summed E-state index contributed by atoms with van der Waals surface area (Å²) < 4.78 is 18.8. The van der Waals surface area contributed by atoms with Crippen molar-refractivity contribution in [3.63, 3.8) is 0 Å². The molecule has 3 aliphatic rings. The number of ether oxygens (including phenoxy) is 1. The first-order valence-electron chi connectivity index (χ1n) is 7.85. The SMILES string of the molecule is O=C(NC1CC1)[C@H]1CN(c2ncc(F)cn2)C[C@H]2OCC[C@@H]12. The number of halogens is 1. The van der Waals surface area contributed by atoms with E-state index in [1.165, 1.54) is 0 Å². The standard InChI is InChI=1S/C15H19FN4O2/c16-9-5-17-15(18-6-9)20-7-12(14(21)19-10-1-2-10)11-3-4-22-13(11)8-20/h5-6,10-13H,1-4,7-8H2,(H,19,21)/t11-,12-,13+/m0/s1. The van der Waals surface area contributed by atoms with Crippen molar-refractivity contribution < 1.29 is 13.9 Å². The molecule has 1 amide bonds. The summed E-state index contributed by atoms with van der Waals surface area (Å²) in [5.41, 5.74) is 0. The van der Waals surface area contributed by atoms with Gasteiger partial charge in [-0.3, -0.25) is 4.79 Å². The fourth-order valence-corrected chi connectivity index (χ4v) is 3.42. The summed E-state index contributed by atoms with van der Waals surface area (Å²) in [5.74, 6) is 0.249. The Kier molecular flexibility index (Phi) is 3.44. The maximum atomic E-state index is 13.0. The number of amides is 1. The van der Waals surface area contributed by atoms with Crippen molar-refractivity contribution in [2.75, 3.05) is 24.6 Å². The Labute approximate surface area is 128 Å². The Bertz CT molecular complexity index is 563. The molecule has 0 aromatic carbocycles. The average Bonchev–Trinajstić information content (AvgIpc) is 3.20. The van der Waals surface area contributed by atoms with Crippen LogP contribution >= 0.6 is 0 Å². The minimum Gasteiger partial charge on any atom is -0.376 e. The molecule has 3 heterocycles. The summed E-state index contributed by atoms with van der Waals surface area (Å²) in [5, 5.41) is 3.10. The number of fused-ring (bicyclic) bond motifs is 1. The second kappa shape index (κ2) is 5.46. The number of rotatable bonds is 3. The topological polar surface area (TPSA) is 67.4 Å². The molecule has 1 N–H and O–H groups in total. The smallest absolute Gasteiger partial charge is 0.225 e. The highest BCUT2D eigenvalue weighted by Gasteiger charge is 2.45. The average molecular weight is 306 g/mol. The Morgan fingerprint density at radius 3 is 2.77 bits per heavy atom. The van der Waals surface area contributed by atoms with Crippen LogP contribution in [0.5, 0.6) is 0 Å². The zero-order valence-electron chi connectivity index (χ0n) is 12.2. The van der Waals surface area contributed by atoms with Gasteiger partial charge in [0, 0.05) is 31.7 Å². The van der Waals surface area contributed by atoms with E-state index in [9.17, 15) is 9.18 Å². The number of carbonyl (C=O) groups is 1. The van der Waals surface area contributed by atoms with Crippen molar-refractivity contribution in [1.82, 2.24) is 15.3 Å². The van der Waals surface area contributed by atoms with E-state index in [2.05, 4.69) is 15.3 Å². The summed E-state index contributed by atoms with van der Waals surface area (Å²) in [7, 11) is 0. The van der Waals surface area contributed by atoms with E-state index in [0.717, 1.165) is 31.7 Å². The highest BCUT2D eigenvalue weighted by Crippen LogP contribution is 2.35. The zero-order valence-corrected chi connectivity index (χ0v) is 12.2. The van der Waals surface area contributed by atoms with Gasteiger partial charge in [-0.2, -0.15) is 0 Å². The maximum Gasteiger partial charge on any atom is 0.225 e. The van der Waals surface area contributed by atoms with Crippen LogP contribution in [0.4, 0.5) is 10.3 Å². The van der Waals surface area contributed by atoms with E-state index in [-0.39, 0.29) is 23.8 Å². The lowest BCUT2D eigenvalue weighted by molar-refractivity contribution is -0.128. The number of nitrogens with one attached hydrogen (secondary N) is 1. The Hall–Kier alpha value is -1.76. The molecule has 2 saturated heterocycles. The molecular formula is C15H19FN4O2. The molecule has 1 aromatic rings. The van der Waals surface area contributed by atoms with Crippen LogP contribution in [0.25, 0.3) is 0 Å². The molecule has 118 valence electrons. The highest BCUT2D eigenvalue weighted by atomic mass is 19.1. The third-order valence-corrected chi connectivity index (χ3v) is 4.74. The Morgan fingerprint density at radius 1 is 1.27 bits per heavy atom. The first kappa shape index (κ1) is 13.9. The first-order chi connectivity index (χ1) is 10.7. The molecule has 0 unspecified atom stereocenters. The number of piperidine rings is 1. The lowest BCUT2D eigenvalue weighted by Crippen LogP contribution is -2.53. The molecule has 1 aliphatic carbocycles. The van der Waals surface area contributed by atoms with Crippen LogP contribution in [0, 0.1) is 17.7 Å². The molecule has 4 rings (SSSR count). The highest BCUT2D eigenvalue weighted by molar-refractivity contribution is 5.80. The fourth-order valence-electron chi connectivity index (χ4n) is 3.42. The van der Waals surface area contributed by atoms with Gasteiger partial charge >= 0.3 is 0 Å². The van der Waals surface area contributed by atoms with Crippen molar-refractivity contribution in [2.24, 2.45) is 11.8 Å². The van der Waals surface area contributed by atoms with Gasteiger partial charge in [-0.15, -0.1) is 0 Å². The quantitative estimate of drug-likeness (QED) is 0.892. The second-order valence-electron chi connectivity index (χ2n) is 6.36. The van der Waals surface area contributed by atoms with E-state index < -0.39 is 5.82 Å². The van der Waals surface area contributed by atoms with E-state index in [1.54, 1.807) is 0 Å². The summed E-state index contributed by atoms with van der Waals surface area (Å²) in [6.07, 6.45) is 5.41. The monoisotopic (exact) mass is 306 g/mol. The fraction of sp³-hybridized carbons (Fsp3) is 0.667. The molecule has 0 radical (unpaired) electrons. The van der Waals surface area contributed by atoms with Crippen LogP contribution in [0.1, 0.15) is 19.3 Å². The minimum atomic E-state index is -0.459. The molecule has 0 spiro atoms. The van der Waals surface area contributed by atoms with Crippen molar-refractivity contribution in [2.45, 2.75) is 31.4 Å². The summed E-state index contributed by atoms with van der Waals surface area (Å²) in [6, 6.07) is 0.353. The van der Waals surface area contributed by atoms with E-state index in [4.69, 9.17) is 4.74 Å². The van der Waals surface area contributed by atoms with Crippen LogP contribution in [0.15, 0.2) is 12.4 Å². The predicted octanol–water partition coefficient (Wildman–Crippen LogP) is 0.736. The molecule has 6 nitrogen and oxygen atoms in total. The molecule has 1 aromatic heterocycles. The second-order valence-corrected chi connectivity index (χ2v) is 6.36. The molecule has 0 bridgehead atoms. The normalized spacial score (nSPS) is 31.0. The Morgan fingerprint density at radius 2 is 2.05 bits per heavy atom. The molecule has 3 atom stereocenters. The van der Waals surface area contributed by atoms with Crippen LogP contribution in [-0.4, -0.2) is 47.7 Å². The number of carbonyl (C=O) groups excluding carboxylic acids is 1. The maximum absolute atomic E-state index is 13.0. The zero-order chi connectivity index (χ0) is 15.1. The van der Waals surface area contributed by atoms with Gasteiger partial charge in [0.05, 0.1) is 24.4 Å². The van der Waals surface area contributed by atoms with Gasteiger partial charge in [-0.25, -0.2) is 14.4 Å². The molecular weight excluding hydrogens is 287 g/mol. The summed E-state index contributed by atoms with van der Waals surface area (Å²) in [6.45, 7) is 1.92. The molecule has 3 fully saturated rings. The van der Waals surface area contributed by atoms with Crippen molar-refractivity contribution >= 4 is 11.9 Å². The number of hydrogen-bond acceptors (Lipinski definition) is 5.